The number of carbonyl (C=O) groups is 4. The van der Waals surface area contributed by atoms with E-state index in [4.69, 9.17) is 20.3 Å². The van der Waals surface area contributed by atoms with Crippen LogP contribution in [-0.4, -0.2) is 68.2 Å². The van der Waals surface area contributed by atoms with Gasteiger partial charge in [0.1, 0.15) is 18.0 Å². The molecule has 0 radical (unpaired) electrons. The van der Waals surface area contributed by atoms with Crippen LogP contribution >= 0.6 is 0 Å². The molecule has 43 heavy (non-hydrogen) atoms. The molecule has 2 aromatic carbocycles. The van der Waals surface area contributed by atoms with Crippen molar-refractivity contribution >= 4 is 29.8 Å². The maximum Gasteiger partial charge on any atom is 0.410 e. The van der Waals surface area contributed by atoms with Crippen LogP contribution in [0.3, 0.4) is 0 Å². The lowest BCUT2D eigenvalue weighted by Gasteiger charge is -2.24. The Morgan fingerprint density at radius 3 is 2.26 bits per heavy atom. The fraction of sp³-hybridized carbons (Fsp3) is 0.333. The van der Waals surface area contributed by atoms with Crippen LogP contribution in [0, 0.1) is 0 Å². The Morgan fingerprint density at radius 2 is 1.67 bits per heavy atom. The van der Waals surface area contributed by atoms with E-state index in [-0.39, 0.29) is 30.5 Å². The molecule has 1 saturated heterocycles. The fourth-order valence-corrected chi connectivity index (χ4v) is 3.92. The Morgan fingerprint density at radius 1 is 1.05 bits per heavy atom. The van der Waals surface area contributed by atoms with Crippen LogP contribution in [0.4, 0.5) is 10.6 Å². The molecule has 4 rings (SSSR count). The number of likely N-dealkylation sites (tertiary alicyclic amines) is 1. The first-order valence-electron chi connectivity index (χ1n) is 13.5. The Labute approximate surface area is 248 Å². The number of carbonyl (C=O) groups excluding carboxylic acids is 3. The second kappa shape index (κ2) is 14.7. The summed E-state index contributed by atoms with van der Waals surface area (Å²) < 4.78 is 11.6. The number of nitrogens with two attached hydrogens (primary N) is 1. The van der Waals surface area contributed by atoms with E-state index in [2.05, 4.69) is 10.3 Å². The van der Waals surface area contributed by atoms with Gasteiger partial charge in [-0.2, -0.15) is 4.98 Å². The molecule has 2 heterocycles. The lowest BCUT2D eigenvalue weighted by Crippen LogP contribution is -2.39. The molecule has 0 saturated carbocycles. The Kier molecular flexibility index (Phi) is 11.1. The summed E-state index contributed by atoms with van der Waals surface area (Å²) in [5.41, 5.74) is 5.28. The van der Waals surface area contributed by atoms with Crippen molar-refractivity contribution in [3.05, 3.63) is 94.5 Å². The Hall–Kier alpha value is -5.04. The topological polar surface area (TPSA) is 183 Å². The number of esters is 1. The van der Waals surface area contributed by atoms with E-state index in [0.717, 1.165) is 5.56 Å². The van der Waals surface area contributed by atoms with Crippen molar-refractivity contribution in [1.29, 1.82) is 0 Å². The molecule has 0 bridgehead atoms. The lowest BCUT2D eigenvalue weighted by molar-refractivity contribution is -0.154. The van der Waals surface area contributed by atoms with Gasteiger partial charge in [-0.25, -0.2) is 19.2 Å². The molecule has 0 unspecified atom stereocenters. The molecular weight excluding hydrogens is 558 g/mol. The molecule has 228 valence electrons. The lowest BCUT2D eigenvalue weighted by atomic mass is 10.2. The van der Waals surface area contributed by atoms with E-state index in [1.54, 1.807) is 65.7 Å². The Balaban J connectivity index is 0.000000285. The maximum absolute atomic E-state index is 12.4. The van der Waals surface area contributed by atoms with Gasteiger partial charge >= 0.3 is 23.7 Å². The second-order valence-electron chi connectivity index (χ2n) is 10.6. The van der Waals surface area contributed by atoms with Crippen molar-refractivity contribution in [1.82, 2.24) is 14.5 Å². The third-order valence-corrected chi connectivity index (χ3v) is 6.06. The third kappa shape index (κ3) is 10.1. The van der Waals surface area contributed by atoms with Crippen LogP contribution in [0.5, 0.6) is 0 Å². The summed E-state index contributed by atoms with van der Waals surface area (Å²) in [5, 5.41) is 11.0. The van der Waals surface area contributed by atoms with Gasteiger partial charge in [-0.05, 0) is 51.0 Å². The summed E-state index contributed by atoms with van der Waals surface area (Å²) in [7, 11) is 0. The molecular formula is C30H35N5O8. The summed E-state index contributed by atoms with van der Waals surface area (Å²) in [4.78, 5) is 63.7. The first-order valence-corrected chi connectivity index (χ1v) is 13.5. The molecule has 13 nitrogen and oxygen atoms in total. The van der Waals surface area contributed by atoms with Crippen LogP contribution in [0.25, 0.3) is 0 Å². The van der Waals surface area contributed by atoms with Crippen molar-refractivity contribution in [2.75, 3.05) is 18.4 Å². The molecule has 1 aliphatic heterocycles. The van der Waals surface area contributed by atoms with E-state index < -0.39 is 29.3 Å². The van der Waals surface area contributed by atoms with Gasteiger partial charge in [0.2, 0.25) is 6.04 Å². The van der Waals surface area contributed by atoms with E-state index in [1.807, 2.05) is 32.9 Å². The number of rotatable bonds is 7. The molecule has 2 atom stereocenters. The first kappa shape index (κ1) is 32.5. The van der Waals surface area contributed by atoms with E-state index in [1.165, 1.54) is 4.57 Å². The van der Waals surface area contributed by atoms with Crippen LogP contribution in [-0.2, 0) is 25.7 Å². The highest BCUT2D eigenvalue weighted by molar-refractivity contribution is 6.03. The third-order valence-electron chi connectivity index (χ3n) is 6.06. The summed E-state index contributed by atoms with van der Waals surface area (Å²) in [5.74, 6) is -2.47. The molecule has 13 heteroatoms. The van der Waals surface area contributed by atoms with E-state index >= 15 is 0 Å². The number of anilines is 1. The zero-order valence-corrected chi connectivity index (χ0v) is 24.1. The number of carboxylic acids is 1. The quantitative estimate of drug-likeness (QED) is 0.272. The average molecular weight is 594 g/mol. The number of benzene rings is 2. The molecule has 4 N–H and O–H groups in total. The summed E-state index contributed by atoms with van der Waals surface area (Å²) in [6.45, 7) is 6.37. The molecule has 1 aromatic heterocycles. The van der Waals surface area contributed by atoms with Crippen molar-refractivity contribution in [3.8, 4) is 0 Å². The minimum Gasteiger partial charge on any atom is -0.480 e. The molecule has 1 aliphatic rings. The molecule has 0 aliphatic carbocycles. The average Bonchev–Trinajstić information content (AvgIpc) is 3.46. The van der Waals surface area contributed by atoms with Gasteiger partial charge in [0, 0.05) is 24.8 Å². The van der Waals surface area contributed by atoms with Gasteiger partial charge < -0.3 is 30.5 Å². The normalized spacial score (nSPS) is 15.0. The van der Waals surface area contributed by atoms with Gasteiger partial charge in [-0.3, -0.25) is 9.36 Å². The highest BCUT2D eigenvalue weighted by atomic mass is 16.6. The number of ether oxygens (including phenoxy) is 2. The highest BCUT2D eigenvalue weighted by Crippen LogP contribution is 2.22. The van der Waals surface area contributed by atoms with Gasteiger partial charge in [0.05, 0.1) is 6.04 Å². The number of aromatic nitrogens is 2. The van der Waals surface area contributed by atoms with Crippen molar-refractivity contribution < 1.29 is 33.8 Å². The van der Waals surface area contributed by atoms with Gasteiger partial charge in [-0.15, -0.1) is 0 Å². The molecule has 3 aromatic rings. The van der Waals surface area contributed by atoms with Crippen LogP contribution in [0.2, 0.25) is 0 Å². The van der Waals surface area contributed by atoms with Gasteiger partial charge in [-0.1, -0.05) is 48.5 Å². The van der Waals surface area contributed by atoms with Crippen LogP contribution in [0.1, 0.15) is 49.2 Å². The van der Waals surface area contributed by atoms with Crippen LogP contribution in [0.15, 0.2) is 77.7 Å². The number of aliphatic carboxylic acids is 1. The van der Waals surface area contributed by atoms with Crippen LogP contribution < -0.4 is 16.7 Å². The van der Waals surface area contributed by atoms with Crippen molar-refractivity contribution in [3.63, 3.8) is 0 Å². The largest absolute Gasteiger partial charge is 0.480 e. The monoisotopic (exact) mass is 593 g/mol. The molecule has 0 spiro atoms. The number of nitrogens with zero attached hydrogens (tertiary/aromatic N) is 3. The Bertz CT molecular complexity index is 1470. The predicted molar refractivity (Wildman–Crippen MR) is 156 cm³/mol. The smallest absolute Gasteiger partial charge is 0.410 e. The number of hydrogen-bond donors (Lipinski definition) is 3. The molecule has 2 amide bonds. The number of nitrogens with one attached hydrogen (secondary N) is 1. The minimum atomic E-state index is -1.62. The van der Waals surface area contributed by atoms with Crippen molar-refractivity contribution in [2.45, 2.75) is 51.5 Å². The summed E-state index contributed by atoms with van der Waals surface area (Å²) >= 11 is 0. The second-order valence-corrected chi connectivity index (χ2v) is 10.6. The standard InChI is InChI=1S/C20H24N4O4.C10H11NO4/c1-20(2,3)28-19(27)23-11-9-15(13-23)24-12-10-16(22-18(24)26)21-17(25)14-7-5-4-6-8-14;11-8(9(12)13)10(14)15-6-7-4-2-1-3-5-7/h4-8,10,12,15H,9,11,13H2,1-3H3,(H,21,22,25,26);1-5,8H,6,11H2,(H,12,13)/t15-;8-/m00/s1. The zero-order valence-electron chi connectivity index (χ0n) is 24.1. The first-order chi connectivity index (χ1) is 20.3. The predicted octanol–water partition coefficient (Wildman–Crippen LogP) is 2.82. The summed E-state index contributed by atoms with van der Waals surface area (Å²) in [6, 6.07) is 17.4. The number of amides is 2. The number of carboxylic acid groups (broad SMARTS) is 1. The molecule has 1 fully saturated rings. The maximum atomic E-state index is 12.4. The van der Waals surface area contributed by atoms with Crippen molar-refractivity contribution in [2.24, 2.45) is 5.73 Å². The zero-order chi connectivity index (χ0) is 31.6. The highest BCUT2D eigenvalue weighted by Gasteiger charge is 2.31. The van der Waals surface area contributed by atoms with E-state index in [0.29, 0.717) is 25.1 Å². The SMILES string of the molecule is CC(C)(C)OC(=O)N1CC[C@H](n2ccc(NC(=O)c3ccccc3)nc2=O)C1.N[C@@H](C(=O)O)C(=O)OCc1ccccc1. The van der Waals surface area contributed by atoms with E-state index in [9.17, 15) is 24.0 Å². The minimum absolute atomic E-state index is 0.0284. The fourth-order valence-electron chi connectivity index (χ4n) is 3.92. The summed E-state index contributed by atoms with van der Waals surface area (Å²) in [6.07, 6.45) is 1.85. The van der Waals surface area contributed by atoms with Gasteiger partial charge in [0.15, 0.2) is 0 Å². The number of hydrogen-bond acceptors (Lipinski definition) is 9. The van der Waals surface area contributed by atoms with Gasteiger partial charge in [0.25, 0.3) is 5.91 Å².